The molecule has 0 radical (unpaired) electrons. The van der Waals surface area contributed by atoms with Gasteiger partial charge in [-0.2, -0.15) is 0 Å². The third-order valence-corrected chi connectivity index (χ3v) is 4.31. The van der Waals surface area contributed by atoms with Crippen molar-refractivity contribution in [1.29, 1.82) is 0 Å². The van der Waals surface area contributed by atoms with Gasteiger partial charge in [0.2, 0.25) is 0 Å². The van der Waals surface area contributed by atoms with Gasteiger partial charge < -0.3 is 9.84 Å². The average molecular weight is 305 g/mol. The van der Waals surface area contributed by atoms with Gasteiger partial charge in [-0.25, -0.2) is 9.78 Å². The number of thiazole rings is 1. The quantitative estimate of drug-likeness (QED) is 0.927. The third kappa shape index (κ3) is 3.26. The molecule has 1 N–H and O–H groups in total. The number of morpholine rings is 1. The molecular weight excluding hydrogens is 290 g/mol. The summed E-state index contributed by atoms with van der Waals surface area (Å²) in [6.07, 6.45) is 3.28. The molecule has 7 heteroatoms. The van der Waals surface area contributed by atoms with Crippen LogP contribution in [0.4, 0.5) is 0 Å². The number of rotatable bonds is 4. The molecule has 2 aromatic rings. The molecule has 21 heavy (non-hydrogen) atoms. The summed E-state index contributed by atoms with van der Waals surface area (Å²) >= 11 is 1.24. The van der Waals surface area contributed by atoms with Crippen LogP contribution < -0.4 is 0 Å². The van der Waals surface area contributed by atoms with Crippen LogP contribution in [0.5, 0.6) is 0 Å². The maximum absolute atomic E-state index is 11.4. The summed E-state index contributed by atoms with van der Waals surface area (Å²) in [7, 11) is 0. The van der Waals surface area contributed by atoms with Crippen molar-refractivity contribution in [3.63, 3.8) is 0 Å². The highest BCUT2D eigenvalue weighted by Crippen LogP contribution is 2.28. The van der Waals surface area contributed by atoms with Crippen molar-refractivity contribution in [1.82, 2.24) is 14.9 Å². The number of carbonyl (C=O) groups is 1. The molecule has 0 atom stereocenters. The van der Waals surface area contributed by atoms with Crippen molar-refractivity contribution in [3.05, 3.63) is 34.4 Å². The number of carboxylic acid groups (broad SMARTS) is 1. The minimum Gasteiger partial charge on any atom is -0.477 e. The predicted octanol–water partition coefficient (Wildman–Crippen LogP) is 1.74. The number of hydrogen-bond donors (Lipinski definition) is 1. The minimum atomic E-state index is -0.937. The lowest BCUT2D eigenvalue weighted by Gasteiger charge is -2.25. The Hall–Kier alpha value is -1.83. The predicted molar refractivity (Wildman–Crippen MR) is 78.4 cm³/mol. The number of nitrogens with zero attached hydrogens (tertiary/aromatic N) is 3. The molecule has 1 aliphatic heterocycles. The van der Waals surface area contributed by atoms with Gasteiger partial charge >= 0.3 is 5.97 Å². The molecule has 1 saturated heterocycles. The van der Waals surface area contributed by atoms with Crippen molar-refractivity contribution in [2.45, 2.75) is 6.54 Å². The van der Waals surface area contributed by atoms with E-state index < -0.39 is 5.97 Å². The summed E-state index contributed by atoms with van der Waals surface area (Å²) < 4.78 is 5.31. The van der Waals surface area contributed by atoms with Gasteiger partial charge in [-0.15, -0.1) is 11.3 Å². The zero-order valence-corrected chi connectivity index (χ0v) is 12.2. The number of hydrogen-bond acceptors (Lipinski definition) is 6. The van der Waals surface area contributed by atoms with Crippen molar-refractivity contribution in [3.8, 4) is 11.3 Å². The highest BCUT2D eigenvalue weighted by atomic mass is 32.1. The molecule has 6 nitrogen and oxygen atoms in total. The summed E-state index contributed by atoms with van der Waals surface area (Å²) in [5.74, 6) is -0.937. The molecule has 0 bridgehead atoms. The number of ether oxygens (including phenoxy) is 1. The van der Waals surface area contributed by atoms with Crippen LogP contribution in [0.15, 0.2) is 24.5 Å². The Morgan fingerprint density at radius 1 is 1.33 bits per heavy atom. The first kappa shape index (κ1) is 14.1. The molecule has 1 fully saturated rings. The van der Waals surface area contributed by atoms with Gasteiger partial charge in [0.15, 0.2) is 0 Å². The molecule has 0 saturated carbocycles. The van der Waals surface area contributed by atoms with E-state index in [9.17, 15) is 9.90 Å². The average Bonchev–Trinajstić information content (AvgIpc) is 2.93. The molecule has 0 spiro atoms. The SMILES string of the molecule is O=C(O)c1sc(CN2CCOCC2)nc1-c1ccncc1. The van der Waals surface area contributed by atoms with E-state index in [-0.39, 0.29) is 4.88 Å². The van der Waals surface area contributed by atoms with Crippen molar-refractivity contribution >= 4 is 17.3 Å². The van der Waals surface area contributed by atoms with Crippen molar-refractivity contribution in [2.75, 3.05) is 26.3 Å². The largest absolute Gasteiger partial charge is 0.477 e. The second-order valence-corrected chi connectivity index (χ2v) is 5.80. The number of carboxylic acids is 1. The van der Waals surface area contributed by atoms with Gasteiger partial charge in [0.25, 0.3) is 0 Å². The fourth-order valence-electron chi connectivity index (χ4n) is 2.23. The van der Waals surface area contributed by atoms with Gasteiger partial charge in [-0.1, -0.05) is 0 Å². The Kier molecular flexibility index (Phi) is 4.23. The van der Waals surface area contributed by atoms with Gasteiger partial charge in [0.1, 0.15) is 9.88 Å². The van der Waals surface area contributed by atoms with E-state index in [0.29, 0.717) is 25.5 Å². The lowest BCUT2D eigenvalue weighted by atomic mass is 10.2. The number of aromatic nitrogens is 2. The van der Waals surface area contributed by atoms with Crippen LogP contribution in [0.25, 0.3) is 11.3 Å². The first-order valence-electron chi connectivity index (χ1n) is 6.67. The second-order valence-electron chi connectivity index (χ2n) is 4.71. The van der Waals surface area contributed by atoms with E-state index >= 15 is 0 Å². The maximum Gasteiger partial charge on any atom is 0.348 e. The smallest absolute Gasteiger partial charge is 0.348 e. The first-order chi connectivity index (χ1) is 10.2. The number of pyridine rings is 1. The highest BCUT2D eigenvalue weighted by Gasteiger charge is 2.20. The number of aromatic carboxylic acids is 1. The molecule has 0 unspecified atom stereocenters. The summed E-state index contributed by atoms with van der Waals surface area (Å²) in [5, 5.41) is 10.2. The Balaban J connectivity index is 1.87. The lowest BCUT2D eigenvalue weighted by Crippen LogP contribution is -2.35. The molecule has 2 aromatic heterocycles. The summed E-state index contributed by atoms with van der Waals surface area (Å²) in [4.78, 5) is 22.4. The minimum absolute atomic E-state index is 0.282. The van der Waals surface area contributed by atoms with Crippen molar-refractivity contribution in [2.24, 2.45) is 0 Å². The van der Waals surface area contributed by atoms with Gasteiger partial charge in [0.05, 0.1) is 25.5 Å². The molecule has 3 heterocycles. The molecule has 0 amide bonds. The summed E-state index contributed by atoms with van der Waals surface area (Å²) in [6, 6.07) is 3.56. The Labute approximate surface area is 126 Å². The van der Waals surface area contributed by atoms with E-state index in [1.807, 2.05) is 0 Å². The van der Waals surface area contributed by atoms with E-state index in [4.69, 9.17) is 4.74 Å². The summed E-state index contributed by atoms with van der Waals surface area (Å²) in [5.41, 5.74) is 1.31. The Morgan fingerprint density at radius 2 is 2.05 bits per heavy atom. The molecule has 110 valence electrons. The monoisotopic (exact) mass is 305 g/mol. The van der Waals surface area contributed by atoms with Crippen LogP contribution >= 0.6 is 11.3 Å². The topological polar surface area (TPSA) is 75.5 Å². The van der Waals surface area contributed by atoms with E-state index in [1.54, 1.807) is 24.5 Å². The molecular formula is C14H15N3O3S. The lowest BCUT2D eigenvalue weighted by molar-refractivity contribution is 0.0341. The highest BCUT2D eigenvalue weighted by molar-refractivity contribution is 7.14. The van der Waals surface area contributed by atoms with E-state index in [0.717, 1.165) is 23.7 Å². The van der Waals surface area contributed by atoms with E-state index in [1.165, 1.54) is 11.3 Å². The van der Waals surface area contributed by atoms with Gasteiger partial charge in [-0.3, -0.25) is 9.88 Å². The normalized spacial score (nSPS) is 16.0. The molecule has 1 aliphatic rings. The van der Waals surface area contributed by atoms with E-state index in [2.05, 4.69) is 14.9 Å². The first-order valence-corrected chi connectivity index (χ1v) is 7.49. The third-order valence-electron chi connectivity index (χ3n) is 3.28. The van der Waals surface area contributed by atoms with Crippen LogP contribution in [0.1, 0.15) is 14.7 Å². The fourth-order valence-corrected chi connectivity index (χ4v) is 3.20. The maximum atomic E-state index is 11.4. The van der Waals surface area contributed by atoms with Crippen LogP contribution in [-0.4, -0.2) is 52.2 Å². The van der Waals surface area contributed by atoms with Gasteiger partial charge in [0, 0.05) is 31.0 Å². The second kappa shape index (κ2) is 6.30. The molecule has 3 rings (SSSR count). The van der Waals surface area contributed by atoms with Crippen LogP contribution in [0.3, 0.4) is 0 Å². The van der Waals surface area contributed by atoms with Crippen molar-refractivity contribution < 1.29 is 14.6 Å². The molecule has 0 aromatic carbocycles. The zero-order chi connectivity index (χ0) is 14.7. The summed E-state index contributed by atoms with van der Waals surface area (Å²) in [6.45, 7) is 3.81. The van der Waals surface area contributed by atoms with Crippen LogP contribution in [0.2, 0.25) is 0 Å². The van der Waals surface area contributed by atoms with Gasteiger partial charge in [-0.05, 0) is 12.1 Å². The standard InChI is InChI=1S/C14H15N3O3S/c18-14(19)13-12(10-1-3-15-4-2-10)16-11(21-13)9-17-5-7-20-8-6-17/h1-4H,5-9H2,(H,18,19). The Bertz CT molecular complexity index is 624. The van der Waals surface area contributed by atoms with Crippen LogP contribution in [-0.2, 0) is 11.3 Å². The zero-order valence-electron chi connectivity index (χ0n) is 11.4. The fraction of sp³-hybridized carbons (Fsp3) is 0.357. The van der Waals surface area contributed by atoms with Crippen LogP contribution in [0, 0.1) is 0 Å². The molecule has 0 aliphatic carbocycles. The Morgan fingerprint density at radius 3 is 2.71 bits per heavy atom.